The number of aromatic nitrogens is 2. The summed E-state index contributed by atoms with van der Waals surface area (Å²) in [5.74, 6) is -0.592. The zero-order valence-corrected chi connectivity index (χ0v) is 9.76. The van der Waals surface area contributed by atoms with E-state index in [2.05, 4.69) is 9.97 Å². The topological polar surface area (TPSA) is 37.9 Å². The summed E-state index contributed by atoms with van der Waals surface area (Å²) < 4.78 is 31.5. The van der Waals surface area contributed by atoms with Gasteiger partial charge in [0.05, 0.1) is 11.6 Å². The van der Waals surface area contributed by atoms with E-state index in [-0.39, 0.29) is 11.6 Å². The number of nitrogens with zero attached hydrogens (tertiary/aromatic N) is 1. The molecule has 0 radical (unpaired) electrons. The molecule has 0 spiro atoms. The van der Waals surface area contributed by atoms with Crippen molar-refractivity contribution in [3.05, 3.63) is 29.6 Å². The molecule has 0 aliphatic heterocycles. The molecule has 3 nitrogen and oxygen atoms in total. The van der Waals surface area contributed by atoms with Gasteiger partial charge in [0.1, 0.15) is 17.2 Å². The molecule has 0 amide bonds. The Kier molecular flexibility index (Phi) is 3.38. The number of nitrogens with one attached hydrogen (secondary N) is 1. The van der Waals surface area contributed by atoms with Crippen LogP contribution < -0.4 is 0 Å². The number of aryl methyl sites for hydroxylation is 1. The van der Waals surface area contributed by atoms with Gasteiger partial charge < -0.3 is 9.72 Å². The first-order chi connectivity index (χ1) is 8.10. The Hall–Kier alpha value is -1.49. The zero-order valence-electron chi connectivity index (χ0n) is 9.76. The van der Waals surface area contributed by atoms with Crippen molar-refractivity contribution in [2.24, 2.45) is 0 Å². The van der Waals surface area contributed by atoms with Crippen LogP contribution in [0.15, 0.2) is 12.1 Å². The van der Waals surface area contributed by atoms with Gasteiger partial charge in [-0.15, -0.1) is 0 Å². The Morgan fingerprint density at radius 2 is 2.18 bits per heavy atom. The molecular formula is C12H14F2N2O. The molecule has 0 aliphatic rings. The van der Waals surface area contributed by atoms with E-state index in [0.29, 0.717) is 17.8 Å². The van der Waals surface area contributed by atoms with Crippen LogP contribution in [0.2, 0.25) is 0 Å². The lowest BCUT2D eigenvalue weighted by molar-refractivity contribution is 0.111. The van der Waals surface area contributed by atoms with E-state index in [0.717, 1.165) is 12.5 Å². The maximum absolute atomic E-state index is 13.4. The number of fused-ring (bicyclic) bond motifs is 1. The molecule has 1 atom stereocenters. The number of H-pyrrole nitrogens is 1. The number of halogens is 2. The second-order valence-corrected chi connectivity index (χ2v) is 4.05. The van der Waals surface area contributed by atoms with Crippen molar-refractivity contribution in [2.75, 3.05) is 7.11 Å². The van der Waals surface area contributed by atoms with Crippen LogP contribution in [0, 0.1) is 11.6 Å². The summed E-state index contributed by atoms with van der Waals surface area (Å²) in [7, 11) is 1.64. The molecule has 0 aliphatic carbocycles. The van der Waals surface area contributed by atoms with Crippen LogP contribution in [-0.4, -0.2) is 23.2 Å². The number of benzene rings is 1. The second-order valence-electron chi connectivity index (χ2n) is 4.05. The lowest BCUT2D eigenvalue weighted by atomic mass is 10.2. The minimum absolute atomic E-state index is 0.116. The van der Waals surface area contributed by atoms with Gasteiger partial charge in [0.15, 0.2) is 5.82 Å². The lowest BCUT2D eigenvalue weighted by Crippen LogP contribution is -2.06. The summed E-state index contributed by atoms with van der Waals surface area (Å²) in [5.41, 5.74) is 0.578. The largest absolute Gasteiger partial charge is 0.382 e. The summed E-state index contributed by atoms with van der Waals surface area (Å²) in [4.78, 5) is 7.02. The molecule has 17 heavy (non-hydrogen) atoms. The van der Waals surface area contributed by atoms with Gasteiger partial charge in [-0.05, 0) is 19.4 Å². The fourth-order valence-corrected chi connectivity index (χ4v) is 1.67. The molecule has 1 N–H and O–H groups in total. The van der Waals surface area contributed by atoms with Gasteiger partial charge in [-0.2, -0.15) is 0 Å². The van der Waals surface area contributed by atoms with Gasteiger partial charge in [0.25, 0.3) is 0 Å². The Balaban J connectivity index is 2.23. The van der Waals surface area contributed by atoms with Gasteiger partial charge >= 0.3 is 0 Å². The Morgan fingerprint density at radius 3 is 2.88 bits per heavy atom. The second kappa shape index (κ2) is 4.79. The summed E-state index contributed by atoms with van der Waals surface area (Å²) in [6.45, 7) is 1.95. The van der Waals surface area contributed by atoms with Crippen molar-refractivity contribution in [2.45, 2.75) is 25.9 Å². The number of rotatable bonds is 4. The van der Waals surface area contributed by atoms with Gasteiger partial charge in [0.2, 0.25) is 0 Å². The van der Waals surface area contributed by atoms with Crippen LogP contribution in [0.1, 0.15) is 19.2 Å². The Bertz CT molecular complexity index is 524. The van der Waals surface area contributed by atoms with E-state index in [9.17, 15) is 8.78 Å². The highest BCUT2D eigenvalue weighted by atomic mass is 19.1. The van der Waals surface area contributed by atoms with E-state index in [1.54, 1.807) is 7.11 Å². The molecule has 0 fully saturated rings. The van der Waals surface area contributed by atoms with Crippen molar-refractivity contribution in [1.29, 1.82) is 0 Å². The van der Waals surface area contributed by atoms with Crippen LogP contribution in [0.5, 0.6) is 0 Å². The average Bonchev–Trinajstić information content (AvgIpc) is 2.69. The first kappa shape index (κ1) is 12.0. The molecule has 1 aromatic carbocycles. The Labute approximate surface area is 97.8 Å². The van der Waals surface area contributed by atoms with Crippen LogP contribution >= 0.6 is 0 Å². The van der Waals surface area contributed by atoms with Gasteiger partial charge in [-0.1, -0.05) is 0 Å². The van der Waals surface area contributed by atoms with E-state index in [1.165, 1.54) is 6.07 Å². The van der Waals surface area contributed by atoms with Crippen LogP contribution in [0.25, 0.3) is 11.0 Å². The minimum atomic E-state index is -0.637. The van der Waals surface area contributed by atoms with E-state index in [4.69, 9.17) is 4.74 Å². The molecule has 1 aromatic heterocycles. The number of ether oxygens (including phenoxy) is 1. The van der Waals surface area contributed by atoms with Crippen molar-refractivity contribution in [3.8, 4) is 0 Å². The van der Waals surface area contributed by atoms with Crippen molar-refractivity contribution >= 4 is 11.0 Å². The first-order valence-corrected chi connectivity index (χ1v) is 5.46. The standard InChI is InChI=1S/C12H14F2N2O/c1-7(17-2)3-4-11-15-10-6-8(13)5-9(14)12(10)16-11/h5-7H,3-4H2,1-2H3,(H,15,16). The van der Waals surface area contributed by atoms with E-state index < -0.39 is 11.6 Å². The smallest absolute Gasteiger partial charge is 0.153 e. The predicted molar refractivity (Wildman–Crippen MR) is 60.8 cm³/mol. The highest BCUT2D eigenvalue weighted by Gasteiger charge is 2.10. The number of imidazole rings is 1. The minimum Gasteiger partial charge on any atom is -0.382 e. The molecule has 92 valence electrons. The number of methoxy groups -OCH3 is 1. The van der Waals surface area contributed by atoms with Crippen molar-refractivity contribution in [1.82, 2.24) is 9.97 Å². The van der Waals surface area contributed by atoms with Crippen LogP contribution in [-0.2, 0) is 11.2 Å². The molecule has 1 unspecified atom stereocenters. The molecule has 0 saturated carbocycles. The number of hydrogen-bond donors (Lipinski definition) is 1. The number of aromatic amines is 1. The SMILES string of the molecule is COC(C)CCc1nc2c(F)cc(F)cc2[nH]1. The first-order valence-electron chi connectivity index (χ1n) is 5.46. The predicted octanol–water partition coefficient (Wildman–Crippen LogP) is 2.81. The third-order valence-corrected chi connectivity index (χ3v) is 2.74. The third-order valence-electron chi connectivity index (χ3n) is 2.74. The van der Waals surface area contributed by atoms with Gasteiger partial charge in [-0.25, -0.2) is 13.8 Å². The fourth-order valence-electron chi connectivity index (χ4n) is 1.67. The zero-order chi connectivity index (χ0) is 12.4. The molecule has 0 saturated heterocycles. The molecule has 5 heteroatoms. The Morgan fingerprint density at radius 1 is 1.41 bits per heavy atom. The van der Waals surface area contributed by atoms with E-state index in [1.807, 2.05) is 6.92 Å². The lowest BCUT2D eigenvalue weighted by Gasteiger charge is -2.06. The highest BCUT2D eigenvalue weighted by Crippen LogP contribution is 2.18. The van der Waals surface area contributed by atoms with Crippen molar-refractivity contribution < 1.29 is 13.5 Å². The molecule has 2 aromatic rings. The van der Waals surface area contributed by atoms with Crippen molar-refractivity contribution in [3.63, 3.8) is 0 Å². The van der Waals surface area contributed by atoms with Gasteiger partial charge in [0, 0.05) is 19.6 Å². The maximum Gasteiger partial charge on any atom is 0.153 e. The normalized spacial score (nSPS) is 13.2. The third kappa shape index (κ3) is 2.61. The summed E-state index contributed by atoms with van der Waals surface area (Å²) in [6, 6.07) is 2.08. The summed E-state index contributed by atoms with van der Waals surface area (Å²) in [5, 5.41) is 0. The number of hydrogen-bond acceptors (Lipinski definition) is 2. The van der Waals surface area contributed by atoms with Crippen LogP contribution in [0.4, 0.5) is 8.78 Å². The molecule has 2 rings (SSSR count). The quantitative estimate of drug-likeness (QED) is 0.892. The molecular weight excluding hydrogens is 226 g/mol. The molecule has 0 bridgehead atoms. The fraction of sp³-hybridized carbons (Fsp3) is 0.417. The summed E-state index contributed by atoms with van der Waals surface area (Å²) >= 11 is 0. The van der Waals surface area contributed by atoms with Crippen LogP contribution in [0.3, 0.4) is 0 Å². The molecule has 1 heterocycles. The summed E-state index contributed by atoms with van der Waals surface area (Å²) in [6.07, 6.45) is 1.54. The maximum atomic E-state index is 13.4. The van der Waals surface area contributed by atoms with E-state index >= 15 is 0 Å². The monoisotopic (exact) mass is 240 g/mol. The van der Waals surface area contributed by atoms with Gasteiger partial charge in [-0.3, -0.25) is 0 Å². The average molecular weight is 240 g/mol. The highest BCUT2D eigenvalue weighted by molar-refractivity contribution is 5.75.